The van der Waals surface area contributed by atoms with Gasteiger partial charge in [0.15, 0.2) is 0 Å². The van der Waals surface area contributed by atoms with E-state index >= 15 is 0 Å². The molecule has 0 spiro atoms. The van der Waals surface area contributed by atoms with Crippen molar-refractivity contribution in [1.82, 2.24) is 4.90 Å². The van der Waals surface area contributed by atoms with Crippen molar-refractivity contribution in [2.45, 2.75) is 77.9 Å². The summed E-state index contributed by atoms with van der Waals surface area (Å²) in [5.41, 5.74) is 1.42. The summed E-state index contributed by atoms with van der Waals surface area (Å²) in [7, 11) is 0. The van der Waals surface area contributed by atoms with E-state index in [1.54, 1.807) is 0 Å². The Balaban J connectivity index is 1.46. The number of amides is 1. The predicted octanol–water partition coefficient (Wildman–Crippen LogP) is 5.05. The topological polar surface area (TPSA) is 29.5 Å². The predicted molar refractivity (Wildman–Crippen MR) is 99.9 cm³/mol. The Morgan fingerprint density at radius 1 is 1.08 bits per heavy atom. The Labute approximate surface area is 151 Å². The van der Waals surface area contributed by atoms with E-state index < -0.39 is 0 Å². The number of carbonyl (C=O) groups is 1. The Morgan fingerprint density at radius 3 is 2.44 bits per heavy atom. The Bertz CT molecular complexity index is 644. The molecule has 1 aromatic rings. The van der Waals surface area contributed by atoms with Gasteiger partial charge in [0.05, 0.1) is 6.10 Å². The van der Waals surface area contributed by atoms with Crippen LogP contribution in [0.25, 0.3) is 0 Å². The van der Waals surface area contributed by atoms with E-state index in [0.717, 1.165) is 43.5 Å². The molecule has 3 heteroatoms. The quantitative estimate of drug-likeness (QED) is 0.770. The zero-order valence-corrected chi connectivity index (χ0v) is 15.9. The summed E-state index contributed by atoms with van der Waals surface area (Å²) in [6.07, 6.45) is 8.71. The third-order valence-corrected chi connectivity index (χ3v) is 6.38. The van der Waals surface area contributed by atoms with E-state index in [1.165, 1.54) is 19.3 Å². The van der Waals surface area contributed by atoms with Crippen molar-refractivity contribution in [2.24, 2.45) is 10.8 Å². The fourth-order valence-corrected chi connectivity index (χ4v) is 5.74. The third-order valence-electron chi connectivity index (χ3n) is 6.38. The van der Waals surface area contributed by atoms with Crippen LogP contribution in [-0.4, -0.2) is 29.5 Å². The number of likely N-dealkylation sites (tertiary alicyclic amines) is 1. The maximum atomic E-state index is 13.1. The summed E-state index contributed by atoms with van der Waals surface area (Å²) < 4.78 is 6.02. The maximum absolute atomic E-state index is 13.1. The minimum absolute atomic E-state index is 0.193. The molecule has 2 atom stereocenters. The van der Waals surface area contributed by atoms with Crippen LogP contribution in [0.5, 0.6) is 5.75 Å². The van der Waals surface area contributed by atoms with Crippen LogP contribution in [0.2, 0.25) is 0 Å². The lowest BCUT2D eigenvalue weighted by molar-refractivity contribution is 0.0708. The molecule has 2 unspecified atom stereocenters. The van der Waals surface area contributed by atoms with Gasteiger partial charge in [-0.15, -0.1) is 0 Å². The highest BCUT2D eigenvalue weighted by Crippen LogP contribution is 2.52. The molecule has 1 aliphatic heterocycles. The second kappa shape index (κ2) is 6.03. The summed E-state index contributed by atoms with van der Waals surface area (Å²) >= 11 is 0. The molecule has 4 rings (SSSR count). The molecule has 0 aromatic heterocycles. The van der Waals surface area contributed by atoms with Crippen molar-refractivity contribution < 1.29 is 9.53 Å². The molecule has 1 heterocycles. The van der Waals surface area contributed by atoms with Gasteiger partial charge in [-0.3, -0.25) is 4.79 Å². The van der Waals surface area contributed by atoms with Crippen LogP contribution in [0.1, 0.15) is 76.1 Å². The van der Waals surface area contributed by atoms with Crippen LogP contribution < -0.4 is 4.74 Å². The fourth-order valence-electron chi connectivity index (χ4n) is 5.74. The van der Waals surface area contributed by atoms with Crippen molar-refractivity contribution in [2.75, 3.05) is 6.54 Å². The summed E-state index contributed by atoms with van der Waals surface area (Å²) in [6, 6.07) is 8.24. The molecule has 2 bridgehead atoms. The lowest BCUT2D eigenvalue weighted by Crippen LogP contribution is -2.37. The number of carbonyl (C=O) groups excluding carboxylic acids is 1. The van der Waals surface area contributed by atoms with E-state index in [9.17, 15) is 4.79 Å². The van der Waals surface area contributed by atoms with Crippen molar-refractivity contribution in [1.29, 1.82) is 0 Å². The van der Waals surface area contributed by atoms with Gasteiger partial charge in [-0.05, 0) is 80.0 Å². The molecule has 136 valence electrons. The highest BCUT2D eigenvalue weighted by molar-refractivity contribution is 5.94. The first kappa shape index (κ1) is 16.9. The normalized spacial score (nSPS) is 31.3. The SMILES string of the molecule is CC1(C)CC2CC(C)(CN2C(=O)c2ccc(OC3CCCC3)cc2)C1. The molecule has 0 radical (unpaired) electrons. The zero-order chi connectivity index (χ0) is 17.7. The molecule has 1 saturated heterocycles. The lowest BCUT2D eigenvalue weighted by Gasteiger charge is -2.39. The molecule has 25 heavy (non-hydrogen) atoms. The molecule has 2 saturated carbocycles. The van der Waals surface area contributed by atoms with Crippen LogP contribution in [0.4, 0.5) is 0 Å². The number of benzene rings is 1. The van der Waals surface area contributed by atoms with Gasteiger partial charge in [-0.1, -0.05) is 20.8 Å². The molecule has 1 aromatic carbocycles. The number of rotatable bonds is 3. The summed E-state index contributed by atoms with van der Waals surface area (Å²) in [4.78, 5) is 15.2. The first-order chi connectivity index (χ1) is 11.8. The van der Waals surface area contributed by atoms with E-state index in [-0.39, 0.29) is 11.3 Å². The first-order valence-electron chi connectivity index (χ1n) is 9.91. The number of hydrogen-bond donors (Lipinski definition) is 0. The molecule has 3 nitrogen and oxygen atoms in total. The summed E-state index contributed by atoms with van der Waals surface area (Å²) in [5.74, 6) is 1.09. The number of ether oxygens (including phenoxy) is 1. The smallest absolute Gasteiger partial charge is 0.254 e. The van der Waals surface area contributed by atoms with Gasteiger partial charge < -0.3 is 9.64 Å². The summed E-state index contributed by atoms with van der Waals surface area (Å²) in [6.45, 7) is 7.95. The molecule has 2 aliphatic carbocycles. The monoisotopic (exact) mass is 341 g/mol. The molecular weight excluding hydrogens is 310 g/mol. The minimum atomic E-state index is 0.193. The first-order valence-corrected chi connectivity index (χ1v) is 9.91. The van der Waals surface area contributed by atoms with Gasteiger partial charge in [0.25, 0.3) is 5.91 Å². The van der Waals surface area contributed by atoms with E-state index in [2.05, 4.69) is 25.7 Å². The van der Waals surface area contributed by atoms with Gasteiger partial charge in [-0.25, -0.2) is 0 Å². The van der Waals surface area contributed by atoms with Crippen molar-refractivity contribution in [3.8, 4) is 5.75 Å². The highest BCUT2D eigenvalue weighted by Gasteiger charge is 2.50. The van der Waals surface area contributed by atoms with Gasteiger partial charge >= 0.3 is 0 Å². The molecular formula is C22H31NO2. The maximum Gasteiger partial charge on any atom is 0.254 e. The van der Waals surface area contributed by atoms with E-state index in [4.69, 9.17) is 4.74 Å². The zero-order valence-electron chi connectivity index (χ0n) is 15.9. The van der Waals surface area contributed by atoms with E-state index in [1.807, 2.05) is 24.3 Å². The summed E-state index contributed by atoms with van der Waals surface area (Å²) in [5, 5.41) is 0. The van der Waals surface area contributed by atoms with Gasteiger partial charge in [0.2, 0.25) is 0 Å². The molecule has 1 amide bonds. The second-order valence-corrected chi connectivity index (χ2v) is 9.70. The van der Waals surface area contributed by atoms with Crippen LogP contribution in [0.3, 0.4) is 0 Å². The van der Waals surface area contributed by atoms with Crippen LogP contribution >= 0.6 is 0 Å². The average Bonchev–Trinajstić information content (AvgIpc) is 3.12. The highest BCUT2D eigenvalue weighted by atomic mass is 16.5. The van der Waals surface area contributed by atoms with Crippen LogP contribution in [-0.2, 0) is 0 Å². The molecule has 3 aliphatic rings. The fraction of sp³-hybridized carbons (Fsp3) is 0.682. The van der Waals surface area contributed by atoms with Crippen LogP contribution in [0.15, 0.2) is 24.3 Å². The van der Waals surface area contributed by atoms with Crippen molar-refractivity contribution >= 4 is 5.91 Å². The lowest BCUT2D eigenvalue weighted by atomic mass is 9.65. The standard InChI is InChI=1S/C22H31NO2/c1-21(2)12-17-13-22(3,14-21)15-23(17)20(24)16-8-10-19(11-9-16)25-18-6-4-5-7-18/h8-11,17-18H,4-7,12-15H2,1-3H3. The number of nitrogens with zero attached hydrogens (tertiary/aromatic N) is 1. The molecule has 3 fully saturated rings. The van der Waals surface area contributed by atoms with Crippen LogP contribution in [0, 0.1) is 10.8 Å². The number of fused-ring (bicyclic) bond motifs is 2. The Kier molecular flexibility index (Phi) is 4.09. The van der Waals surface area contributed by atoms with E-state index in [0.29, 0.717) is 17.6 Å². The third kappa shape index (κ3) is 3.43. The Morgan fingerprint density at radius 2 is 1.76 bits per heavy atom. The second-order valence-electron chi connectivity index (χ2n) is 9.70. The van der Waals surface area contributed by atoms with Crippen molar-refractivity contribution in [3.63, 3.8) is 0 Å². The number of hydrogen-bond acceptors (Lipinski definition) is 2. The Hall–Kier alpha value is -1.51. The van der Waals surface area contributed by atoms with Crippen molar-refractivity contribution in [3.05, 3.63) is 29.8 Å². The average molecular weight is 341 g/mol. The minimum Gasteiger partial charge on any atom is -0.490 e. The van der Waals surface area contributed by atoms with Gasteiger partial charge in [0.1, 0.15) is 5.75 Å². The molecule has 0 N–H and O–H groups in total. The van der Waals surface area contributed by atoms with Gasteiger partial charge in [0, 0.05) is 18.2 Å². The largest absolute Gasteiger partial charge is 0.490 e. The van der Waals surface area contributed by atoms with Gasteiger partial charge in [-0.2, -0.15) is 0 Å².